The van der Waals surface area contributed by atoms with E-state index in [-0.39, 0.29) is 11.3 Å². The van der Waals surface area contributed by atoms with Crippen molar-refractivity contribution in [2.75, 3.05) is 11.5 Å². The smallest absolute Gasteiger partial charge is 0.296 e. The van der Waals surface area contributed by atoms with E-state index in [1.165, 1.54) is 16.2 Å². The molecule has 190 valence electrons. The number of hydrogen-bond acceptors (Lipinski definition) is 7. The molecule has 0 fully saturated rings. The highest BCUT2D eigenvalue weighted by Crippen LogP contribution is 2.44. The van der Waals surface area contributed by atoms with Crippen LogP contribution in [0, 0.1) is 19.8 Å². The van der Waals surface area contributed by atoms with Crippen LogP contribution in [0.4, 0.5) is 5.13 Å². The molecule has 4 aromatic rings. The normalized spacial score (nSPS) is 15.9. The van der Waals surface area contributed by atoms with Crippen LogP contribution in [0.2, 0.25) is 0 Å². The van der Waals surface area contributed by atoms with Gasteiger partial charge in [0.05, 0.1) is 28.4 Å². The number of ketones is 1. The summed E-state index contributed by atoms with van der Waals surface area (Å²) in [5.41, 5.74) is 2.39. The summed E-state index contributed by atoms with van der Waals surface area (Å²) in [4.78, 5) is 33.1. The van der Waals surface area contributed by atoms with Gasteiger partial charge in [-0.15, -0.1) is 0 Å². The van der Waals surface area contributed by atoms with Crippen molar-refractivity contribution in [2.45, 2.75) is 40.2 Å². The molecule has 0 radical (unpaired) electrons. The predicted molar refractivity (Wildman–Crippen MR) is 143 cm³/mol. The Labute approximate surface area is 219 Å². The van der Waals surface area contributed by atoms with Crippen molar-refractivity contribution in [3.63, 3.8) is 0 Å². The number of carbonyl (C=O) groups is 2. The minimum Gasteiger partial charge on any atom is -0.503 e. The lowest BCUT2D eigenvalue weighted by atomic mass is 9.95. The number of aliphatic hydroxyl groups is 1. The first kappa shape index (κ1) is 24.8. The number of aryl methyl sites for hydroxylation is 2. The van der Waals surface area contributed by atoms with Crippen LogP contribution in [0.15, 0.2) is 70.3 Å². The topological polar surface area (TPSA) is 92.9 Å². The number of rotatable bonds is 8. The van der Waals surface area contributed by atoms with Gasteiger partial charge in [-0.3, -0.25) is 14.5 Å². The predicted octanol–water partition coefficient (Wildman–Crippen LogP) is 6.71. The van der Waals surface area contributed by atoms with Gasteiger partial charge in [0.25, 0.3) is 5.91 Å². The first-order valence-corrected chi connectivity index (χ1v) is 13.0. The molecule has 2 aromatic carbocycles. The minimum atomic E-state index is -0.902. The molecule has 1 aliphatic rings. The maximum atomic E-state index is 13.6. The Hall–Kier alpha value is -3.91. The largest absolute Gasteiger partial charge is 0.503 e. The molecule has 7 nitrogen and oxygen atoms in total. The molecule has 2 aromatic heterocycles. The number of anilines is 1. The molecule has 0 saturated heterocycles. The molecule has 3 heterocycles. The molecule has 0 saturated carbocycles. The van der Waals surface area contributed by atoms with Gasteiger partial charge < -0.3 is 14.3 Å². The third kappa shape index (κ3) is 4.76. The third-order valence-electron chi connectivity index (χ3n) is 6.29. The lowest BCUT2D eigenvalue weighted by Gasteiger charge is -2.24. The van der Waals surface area contributed by atoms with E-state index in [0.29, 0.717) is 34.7 Å². The average Bonchev–Trinajstić information content (AvgIpc) is 3.54. The highest BCUT2D eigenvalue weighted by Gasteiger charge is 2.46. The quantitative estimate of drug-likeness (QED) is 0.262. The SMILES string of the molecule is Cc1ccc2nc(N3C(=O)C(O)=C(C(=O)c4ccc(C)o4)C3c3cccc(OCCC(C)C)c3)sc2c1. The standard InChI is InChI=1S/C29H28N2O5S/c1-16(2)12-13-35-20-7-5-6-19(15-20)25-24(26(32)22-11-9-18(4)36-22)27(33)28(34)31(25)29-30-21-10-8-17(3)14-23(21)37-29/h5-11,14-16,25,33H,12-13H2,1-4H3. The zero-order valence-electron chi connectivity index (χ0n) is 21.1. The van der Waals surface area contributed by atoms with E-state index in [1.807, 2.05) is 49.4 Å². The van der Waals surface area contributed by atoms with Gasteiger partial charge in [-0.1, -0.05) is 43.4 Å². The van der Waals surface area contributed by atoms with Crippen molar-refractivity contribution in [1.29, 1.82) is 0 Å². The summed E-state index contributed by atoms with van der Waals surface area (Å²) in [6, 6.07) is 15.5. The Kier molecular flexibility index (Phi) is 6.60. The van der Waals surface area contributed by atoms with Crippen molar-refractivity contribution < 1.29 is 23.8 Å². The fourth-order valence-corrected chi connectivity index (χ4v) is 5.44. The Morgan fingerprint density at radius 2 is 1.97 bits per heavy atom. The Morgan fingerprint density at radius 1 is 1.16 bits per heavy atom. The van der Waals surface area contributed by atoms with Crippen LogP contribution in [-0.2, 0) is 4.79 Å². The zero-order chi connectivity index (χ0) is 26.3. The first-order valence-electron chi connectivity index (χ1n) is 12.2. The number of Topliss-reactive ketones (excluding diaryl/α,β-unsaturated/α-hetero) is 1. The second-order valence-corrected chi connectivity index (χ2v) is 10.7. The molecule has 5 rings (SSSR count). The minimum absolute atomic E-state index is 0.0471. The Morgan fingerprint density at radius 3 is 2.70 bits per heavy atom. The molecule has 1 unspecified atom stereocenters. The lowest BCUT2D eigenvalue weighted by molar-refractivity contribution is -0.117. The number of benzene rings is 2. The van der Waals surface area contributed by atoms with E-state index >= 15 is 0 Å². The maximum Gasteiger partial charge on any atom is 0.296 e. The van der Waals surface area contributed by atoms with Gasteiger partial charge in [0, 0.05) is 0 Å². The van der Waals surface area contributed by atoms with Crippen molar-refractivity contribution in [2.24, 2.45) is 5.92 Å². The lowest BCUT2D eigenvalue weighted by Crippen LogP contribution is -2.31. The maximum absolute atomic E-state index is 13.6. The molecule has 8 heteroatoms. The number of aromatic nitrogens is 1. The van der Waals surface area contributed by atoms with Crippen LogP contribution < -0.4 is 9.64 Å². The van der Waals surface area contributed by atoms with Crippen molar-refractivity contribution in [3.8, 4) is 5.75 Å². The van der Waals surface area contributed by atoms with E-state index in [1.54, 1.807) is 19.1 Å². The van der Waals surface area contributed by atoms with Gasteiger partial charge in [-0.25, -0.2) is 4.98 Å². The fraction of sp³-hybridized carbons (Fsp3) is 0.276. The van der Waals surface area contributed by atoms with Crippen molar-refractivity contribution >= 4 is 38.4 Å². The van der Waals surface area contributed by atoms with Crippen LogP contribution in [0.3, 0.4) is 0 Å². The number of carbonyl (C=O) groups excluding carboxylic acids is 2. The van der Waals surface area contributed by atoms with Gasteiger partial charge in [0.1, 0.15) is 11.5 Å². The van der Waals surface area contributed by atoms with Crippen molar-refractivity contribution in [1.82, 2.24) is 4.98 Å². The number of nitrogens with zero attached hydrogens (tertiary/aromatic N) is 2. The fourth-order valence-electron chi connectivity index (χ4n) is 4.35. The summed E-state index contributed by atoms with van der Waals surface area (Å²) in [6.07, 6.45) is 0.895. The van der Waals surface area contributed by atoms with E-state index in [9.17, 15) is 14.7 Å². The molecular formula is C29H28N2O5S. The molecule has 0 bridgehead atoms. The Balaban J connectivity index is 1.61. The van der Waals surface area contributed by atoms with E-state index in [2.05, 4.69) is 18.8 Å². The second-order valence-electron chi connectivity index (χ2n) is 9.65. The summed E-state index contributed by atoms with van der Waals surface area (Å²) in [6.45, 7) is 8.52. The van der Waals surface area contributed by atoms with E-state index in [0.717, 1.165) is 22.2 Å². The Bertz CT molecular complexity index is 1530. The van der Waals surface area contributed by atoms with Crippen LogP contribution in [0.5, 0.6) is 5.75 Å². The summed E-state index contributed by atoms with van der Waals surface area (Å²) >= 11 is 1.34. The molecule has 1 atom stereocenters. The summed E-state index contributed by atoms with van der Waals surface area (Å²) in [7, 11) is 0. The molecule has 1 aliphatic heterocycles. The zero-order valence-corrected chi connectivity index (χ0v) is 22.0. The summed E-state index contributed by atoms with van der Waals surface area (Å²) in [5, 5.41) is 11.4. The number of aliphatic hydroxyl groups excluding tert-OH is 1. The van der Waals surface area contributed by atoms with Gasteiger partial charge in [0.2, 0.25) is 5.78 Å². The summed E-state index contributed by atoms with van der Waals surface area (Å²) < 4.78 is 12.4. The van der Waals surface area contributed by atoms with Crippen LogP contribution in [-0.4, -0.2) is 28.4 Å². The van der Waals surface area contributed by atoms with Gasteiger partial charge >= 0.3 is 0 Å². The molecule has 1 amide bonds. The van der Waals surface area contributed by atoms with Crippen LogP contribution in [0.25, 0.3) is 10.2 Å². The number of fused-ring (bicyclic) bond motifs is 1. The van der Waals surface area contributed by atoms with Crippen LogP contribution in [0.1, 0.15) is 53.8 Å². The number of hydrogen-bond donors (Lipinski definition) is 1. The number of ether oxygens (including phenoxy) is 1. The molecule has 37 heavy (non-hydrogen) atoms. The molecule has 0 spiro atoms. The van der Waals surface area contributed by atoms with Gasteiger partial charge in [-0.2, -0.15) is 0 Å². The van der Waals surface area contributed by atoms with E-state index < -0.39 is 23.5 Å². The second kappa shape index (κ2) is 9.86. The highest BCUT2D eigenvalue weighted by molar-refractivity contribution is 7.22. The third-order valence-corrected chi connectivity index (χ3v) is 7.31. The number of thiazole rings is 1. The van der Waals surface area contributed by atoms with Gasteiger partial charge in [0.15, 0.2) is 16.7 Å². The number of amides is 1. The number of furan rings is 1. The van der Waals surface area contributed by atoms with Crippen LogP contribution >= 0.6 is 11.3 Å². The summed E-state index contributed by atoms with van der Waals surface area (Å²) in [5.74, 6) is -0.0999. The van der Waals surface area contributed by atoms with E-state index in [4.69, 9.17) is 9.15 Å². The molecular weight excluding hydrogens is 488 g/mol. The van der Waals surface area contributed by atoms with Gasteiger partial charge in [-0.05, 0) is 73.7 Å². The monoisotopic (exact) mass is 516 g/mol. The average molecular weight is 517 g/mol. The molecule has 0 aliphatic carbocycles. The van der Waals surface area contributed by atoms with Crippen molar-refractivity contribution in [3.05, 3.63) is 88.6 Å². The molecule has 1 N–H and O–H groups in total. The highest BCUT2D eigenvalue weighted by atomic mass is 32.1. The first-order chi connectivity index (χ1) is 17.7.